The number of benzene rings is 1. The minimum atomic E-state index is 0.325. The topological polar surface area (TPSA) is 40.1 Å². The fraction of sp³-hybridized carbons (Fsp3) is 0.450. The number of guanidine groups is 1. The molecule has 0 saturated heterocycles. The predicted molar refractivity (Wildman–Crippen MR) is 111 cm³/mol. The molecule has 0 fully saturated rings. The van der Waals surface area contributed by atoms with E-state index in [9.17, 15) is 0 Å². The van der Waals surface area contributed by atoms with Crippen molar-refractivity contribution >= 4 is 17.3 Å². The standard InChI is InChI=1S/C20H30N4OS/c1-6-25-17-11-9-16(10-12-17)15-24(5)20(21-2)22-14-18(23(3)4)19-8-7-13-26-19/h7-13,18H,6,14-15H2,1-5H3,(H,21,22). The quantitative estimate of drug-likeness (QED) is 0.567. The van der Waals surface area contributed by atoms with Crippen LogP contribution in [0.5, 0.6) is 5.75 Å². The molecule has 0 bridgehead atoms. The van der Waals surface area contributed by atoms with Crippen LogP contribution in [0.3, 0.4) is 0 Å². The molecule has 1 N–H and O–H groups in total. The molecule has 2 rings (SSSR count). The second kappa shape index (κ2) is 10.2. The minimum absolute atomic E-state index is 0.325. The van der Waals surface area contributed by atoms with Crippen LogP contribution >= 0.6 is 11.3 Å². The SMILES string of the molecule is CCOc1ccc(CN(C)C(=NC)NCC(c2cccs2)N(C)C)cc1. The van der Waals surface area contributed by atoms with Crippen LogP contribution in [0.4, 0.5) is 0 Å². The highest BCUT2D eigenvalue weighted by molar-refractivity contribution is 7.10. The fourth-order valence-corrected chi connectivity index (χ4v) is 3.72. The lowest BCUT2D eigenvalue weighted by atomic mass is 10.2. The zero-order valence-corrected chi connectivity index (χ0v) is 17.2. The van der Waals surface area contributed by atoms with Crippen LogP contribution in [0.25, 0.3) is 0 Å². The fourth-order valence-electron chi connectivity index (χ4n) is 2.80. The van der Waals surface area contributed by atoms with Crippen molar-refractivity contribution in [2.24, 2.45) is 4.99 Å². The van der Waals surface area contributed by atoms with Crippen molar-refractivity contribution in [1.29, 1.82) is 0 Å². The maximum atomic E-state index is 5.50. The molecule has 0 amide bonds. The van der Waals surface area contributed by atoms with Gasteiger partial charge in [0.25, 0.3) is 0 Å². The number of thiophene rings is 1. The molecule has 0 aliphatic carbocycles. The molecule has 26 heavy (non-hydrogen) atoms. The van der Waals surface area contributed by atoms with Crippen molar-refractivity contribution in [3.63, 3.8) is 0 Å². The first-order valence-corrected chi connectivity index (χ1v) is 9.76. The molecular weight excluding hydrogens is 344 g/mol. The molecule has 0 aliphatic heterocycles. The molecule has 0 saturated carbocycles. The van der Waals surface area contributed by atoms with Gasteiger partial charge >= 0.3 is 0 Å². The van der Waals surface area contributed by atoms with Crippen LogP contribution in [0.2, 0.25) is 0 Å². The second-order valence-corrected chi connectivity index (χ2v) is 7.34. The van der Waals surface area contributed by atoms with Crippen molar-refractivity contribution in [3.05, 3.63) is 52.2 Å². The molecule has 0 spiro atoms. The largest absolute Gasteiger partial charge is 0.494 e. The average Bonchev–Trinajstić information content (AvgIpc) is 3.14. The second-order valence-electron chi connectivity index (χ2n) is 6.36. The molecular formula is C20H30N4OS. The Hall–Kier alpha value is -2.05. The van der Waals surface area contributed by atoms with Gasteiger partial charge in [-0.15, -0.1) is 11.3 Å². The predicted octanol–water partition coefficient (Wildman–Crippen LogP) is 3.46. The molecule has 6 heteroatoms. The molecule has 1 aromatic carbocycles. The maximum Gasteiger partial charge on any atom is 0.193 e. The Morgan fingerprint density at radius 2 is 1.92 bits per heavy atom. The van der Waals surface area contributed by atoms with E-state index in [2.05, 4.69) is 70.9 Å². The van der Waals surface area contributed by atoms with Gasteiger partial charge in [0, 0.05) is 32.1 Å². The summed E-state index contributed by atoms with van der Waals surface area (Å²) in [5.41, 5.74) is 1.22. The van der Waals surface area contributed by atoms with Crippen LogP contribution in [-0.4, -0.2) is 57.1 Å². The van der Waals surface area contributed by atoms with Gasteiger partial charge in [-0.05, 0) is 50.2 Å². The molecule has 0 aliphatic rings. The van der Waals surface area contributed by atoms with E-state index in [4.69, 9.17) is 4.74 Å². The summed E-state index contributed by atoms with van der Waals surface area (Å²) in [5, 5.41) is 5.63. The van der Waals surface area contributed by atoms with E-state index in [0.717, 1.165) is 24.8 Å². The van der Waals surface area contributed by atoms with Gasteiger partial charge in [-0.1, -0.05) is 18.2 Å². The van der Waals surface area contributed by atoms with Crippen LogP contribution < -0.4 is 10.1 Å². The number of ether oxygens (including phenoxy) is 1. The lowest BCUT2D eigenvalue weighted by Crippen LogP contribution is -2.42. The first-order chi connectivity index (χ1) is 12.5. The summed E-state index contributed by atoms with van der Waals surface area (Å²) >= 11 is 1.79. The summed E-state index contributed by atoms with van der Waals surface area (Å²) in [5.74, 6) is 1.80. The molecule has 1 aromatic heterocycles. The van der Waals surface area contributed by atoms with Gasteiger partial charge in [0.15, 0.2) is 5.96 Å². The van der Waals surface area contributed by atoms with Gasteiger partial charge < -0.3 is 19.9 Å². The Balaban J connectivity index is 1.94. The van der Waals surface area contributed by atoms with Gasteiger partial charge in [-0.25, -0.2) is 0 Å². The third-order valence-electron chi connectivity index (χ3n) is 4.18. The Bertz CT molecular complexity index is 668. The van der Waals surface area contributed by atoms with Gasteiger partial charge in [0.05, 0.1) is 12.6 Å². The van der Waals surface area contributed by atoms with Gasteiger partial charge in [0.2, 0.25) is 0 Å². The minimum Gasteiger partial charge on any atom is -0.494 e. The summed E-state index contributed by atoms with van der Waals surface area (Å²) in [6.45, 7) is 4.28. The number of nitrogens with zero attached hydrogens (tertiary/aromatic N) is 3. The first kappa shape index (κ1) is 20.3. The molecule has 142 valence electrons. The van der Waals surface area contributed by atoms with E-state index in [0.29, 0.717) is 12.6 Å². The summed E-state index contributed by atoms with van der Waals surface area (Å²) in [6, 6.07) is 12.8. The number of aliphatic imine (C=N–C) groups is 1. The third-order valence-corrected chi connectivity index (χ3v) is 5.15. The summed E-state index contributed by atoms with van der Waals surface area (Å²) < 4.78 is 5.50. The van der Waals surface area contributed by atoms with E-state index in [-0.39, 0.29) is 0 Å². The van der Waals surface area contributed by atoms with E-state index in [1.807, 2.05) is 26.1 Å². The highest BCUT2D eigenvalue weighted by atomic mass is 32.1. The maximum absolute atomic E-state index is 5.50. The number of hydrogen-bond acceptors (Lipinski definition) is 4. The van der Waals surface area contributed by atoms with E-state index >= 15 is 0 Å². The molecule has 1 heterocycles. The number of rotatable bonds is 8. The van der Waals surface area contributed by atoms with Crippen LogP contribution in [0.1, 0.15) is 23.4 Å². The smallest absolute Gasteiger partial charge is 0.193 e. The molecule has 5 nitrogen and oxygen atoms in total. The lowest BCUT2D eigenvalue weighted by molar-refractivity contribution is 0.299. The van der Waals surface area contributed by atoms with Crippen LogP contribution in [0, 0.1) is 0 Å². The van der Waals surface area contributed by atoms with Crippen molar-refractivity contribution in [3.8, 4) is 5.75 Å². The Kier molecular flexibility index (Phi) is 7.94. The van der Waals surface area contributed by atoms with Crippen molar-refractivity contribution in [1.82, 2.24) is 15.1 Å². The Morgan fingerprint density at radius 3 is 2.46 bits per heavy atom. The van der Waals surface area contributed by atoms with Crippen molar-refractivity contribution in [2.75, 3.05) is 41.3 Å². The van der Waals surface area contributed by atoms with Crippen LogP contribution in [-0.2, 0) is 6.54 Å². The lowest BCUT2D eigenvalue weighted by Gasteiger charge is -2.27. The van der Waals surface area contributed by atoms with E-state index < -0.39 is 0 Å². The van der Waals surface area contributed by atoms with Gasteiger partial charge in [-0.2, -0.15) is 0 Å². The van der Waals surface area contributed by atoms with Gasteiger partial charge in [0.1, 0.15) is 5.75 Å². The highest BCUT2D eigenvalue weighted by Crippen LogP contribution is 2.22. The number of likely N-dealkylation sites (N-methyl/N-ethyl adjacent to an activating group) is 1. The molecule has 1 atom stereocenters. The Labute approximate surface area is 161 Å². The van der Waals surface area contributed by atoms with Crippen molar-refractivity contribution in [2.45, 2.75) is 19.5 Å². The van der Waals surface area contributed by atoms with E-state index in [1.54, 1.807) is 11.3 Å². The van der Waals surface area contributed by atoms with Gasteiger partial charge in [-0.3, -0.25) is 4.99 Å². The molecule has 0 radical (unpaired) electrons. The summed E-state index contributed by atoms with van der Waals surface area (Å²) in [7, 11) is 8.10. The normalized spacial score (nSPS) is 12.9. The highest BCUT2D eigenvalue weighted by Gasteiger charge is 2.16. The van der Waals surface area contributed by atoms with Crippen LogP contribution in [0.15, 0.2) is 46.8 Å². The zero-order chi connectivity index (χ0) is 18.9. The van der Waals surface area contributed by atoms with Crippen molar-refractivity contribution < 1.29 is 4.74 Å². The average molecular weight is 375 g/mol. The summed E-state index contributed by atoms with van der Waals surface area (Å²) in [4.78, 5) is 10.2. The van der Waals surface area contributed by atoms with E-state index in [1.165, 1.54) is 10.4 Å². The summed E-state index contributed by atoms with van der Waals surface area (Å²) in [6.07, 6.45) is 0. The number of hydrogen-bond donors (Lipinski definition) is 1. The number of nitrogens with one attached hydrogen (secondary N) is 1. The zero-order valence-electron chi connectivity index (χ0n) is 16.4. The third kappa shape index (κ3) is 5.75. The molecule has 2 aromatic rings. The molecule has 1 unspecified atom stereocenters. The monoisotopic (exact) mass is 374 g/mol. The Morgan fingerprint density at radius 1 is 1.19 bits per heavy atom. The first-order valence-electron chi connectivity index (χ1n) is 8.88.